The molecule has 4 heteroatoms. The van der Waals surface area contributed by atoms with Crippen LogP contribution in [0.25, 0.3) is 0 Å². The van der Waals surface area contributed by atoms with E-state index in [1.807, 2.05) is 0 Å². The zero-order chi connectivity index (χ0) is 23.0. The molecule has 3 saturated heterocycles. The van der Waals surface area contributed by atoms with Crippen molar-refractivity contribution in [1.29, 1.82) is 0 Å². The molecule has 0 aromatic carbocycles. The van der Waals surface area contributed by atoms with Crippen LogP contribution < -0.4 is 0 Å². The highest BCUT2D eigenvalue weighted by molar-refractivity contribution is 4.94. The van der Waals surface area contributed by atoms with E-state index in [4.69, 9.17) is 0 Å². The Hall–Kier alpha value is -0.160. The predicted octanol–water partition coefficient (Wildman–Crippen LogP) is 4.94. The second-order valence-corrected chi connectivity index (χ2v) is 13.8. The Kier molecular flexibility index (Phi) is 7.67. The first-order valence-electron chi connectivity index (χ1n) is 14.0. The van der Waals surface area contributed by atoms with Gasteiger partial charge in [0.1, 0.15) is 0 Å². The summed E-state index contributed by atoms with van der Waals surface area (Å²) < 4.78 is 0. The first-order valence-corrected chi connectivity index (χ1v) is 14.0. The normalized spacial score (nSPS) is 29.1. The molecule has 0 radical (unpaired) electrons. The van der Waals surface area contributed by atoms with Crippen molar-refractivity contribution in [1.82, 2.24) is 19.6 Å². The van der Waals surface area contributed by atoms with Crippen molar-refractivity contribution < 1.29 is 0 Å². The van der Waals surface area contributed by atoms with Gasteiger partial charge in [-0.2, -0.15) is 0 Å². The van der Waals surface area contributed by atoms with Crippen molar-refractivity contribution in [3.63, 3.8) is 0 Å². The third-order valence-corrected chi connectivity index (χ3v) is 9.79. The minimum absolute atomic E-state index is 0.334. The Morgan fingerprint density at radius 3 is 1.59 bits per heavy atom. The topological polar surface area (TPSA) is 13.0 Å². The quantitative estimate of drug-likeness (QED) is 0.609. The molecule has 1 saturated carbocycles. The smallest absolute Gasteiger partial charge is 0.0126 e. The zero-order valence-electron chi connectivity index (χ0n) is 22.5. The fraction of sp³-hybridized carbons (Fsp3) is 1.00. The first-order chi connectivity index (χ1) is 15.0. The van der Waals surface area contributed by atoms with Crippen molar-refractivity contribution in [2.24, 2.45) is 11.3 Å². The van der Waals surface area contributed by atoms with Gasteiger partial charge in [-0.3, -0.25) is 14.7 Å². The van der Waals surface area contributed by atoms with Crippen LogP contribution in [0.4, 0.5) is 0 Å². The number of nitrogens with zero attached hydrogens (tertiary/aromatic N) is 4. The molecule has 0 aromatic heterocycles. The molecule has 0 bridgehead atoms. The maximum Gasteiger partial charge on any atom is 0.0126 e. The molecule has 4 fully saturated rings. The van der Waals surface area contributed by atoms with Crippen LogP contribution in [-0.4, -0.2) is 95.6 Å². The summed E-state index contributed by atoms with van der Waals surface area (Å²) >= 11 is 0. The van der Waals surface area contributed by atoms with Gasteiger partial charge in [-0.1, -0.05) is 0 Å². The summed E-state index contributed by atoms with van der Waals surface area (Å²) in [6, 6.07) is 0.869. The Balaban J connectivity index is 1.16. The zero-order valence-corrected chi connectivity index (χ0v) is 22.5. The number of hydrogen-bond donors (Lipinski definition) is 0. The highest BCUT2D eigenvalue weighted by Gasteiger charge is 2.40. The van der Waals surface area contributed by atoms with Crippen LogP contribution in [0.1, 0.15) is 92.9 Å². The van der Waals surface area contributed by atoms with Gasteiger partial charge in [0.05, 0.1) is 0 Å². The van der Waals surface area contributed by atoms with E-state index in [0.717, 1.165) is 12.0 Å². The van der Waals surface area contributed by atoms with Gasteiger partial charge in [-0.25, -0.2) is 0 Å². The monoisotopic (exact) mass is 446 g/mol. The molecule has 0 amide bonds. The van der Waals surface area contributed by atoms with Crippen molar-refractivity contribution in [2.75, 3.05) is 58.9 Å². The first kappa shape index (κ1) is 24.9. The Morgan fingerprint density at radius 1 is 0.594 bits per heavy atom. The average molecular weight is 447 g/mol. The second kappa shape index (κ2) is 9.84. The summed E-state index contributed by atoms with van der Waals surface area (Å²) in [4.78, 5) is 11.0. The van der Waals surface area contributed by atoms with E-state index in [0.29, 0.717) is 16.5 Å². The van der Waals surface area contributed by atoms with Gasteiger partial charge < -0.3 is 4.90 Å². The highest BCUT2D eigenvalue weighted by atomic mass is 15.3. The van der Waals surface area contributed by atoms with E-state index in [2.05, 4.69) is 61.1 Å². The van der Waals surface area contributed by atoms with E-state index in [1.165, 1.54) is 110 Å². The molecule has 0 N–H and O–H groups in total. The summed E-state index contributed by atoms with van der Waals surface area (Å²) in [6.45, 7) is 26.0. The molecule has 4 aliphatic rings. The van der Waals surface area contributed by atoms with E-state index >= 15 is 0 Å². The molecule has 4 nitrogen and oxygen atoms in total. The number of piperidine rings is 2. The van der Waals surface area contributed by atoms with Crippen LogP contribution in [0.15, 0.2) is 0 Å². The maximum atomic E-state index is 2.84. The molecule has 4 rings (SSSR count). The summed E-state index contributed by atoms with van der Waals surface area (Å²) in [6.07, 6.45) is 11.7. The van der Waals surface area contributed by atoms with Crippen molar-refractivity contribution in [3.05, 3.63) is 0 Å². The molecule has 1 aliphatic carbocycles. The largest absolute Gasteiger partial charge is 0.303 e. The lowest BCUT2D eigenvalue weighted by Crippen LogP contribution is -2.56. The van der Waals surface area contributed by atoms with Gasteiger partial charge in [0.15, 0.2) is 0 Å². The SMILES string of the molecule is CC(C)(C)N1CCC(CN2CCC3(CCC(N4CCN(C(C)(C)C)CC4)CC3)CC2)CC1. The highest BCUT2D eigenvalue weighted by Crippen LogP contribution is 2.46. The lowest BCUT2D eigenvalue weighted by atomic mass is 9.66. The predicted molar refractivity (Wildman–Crippen MR) is 137 cm³/mol. The summed E-state index contributed by atoms with van der Waals surface area (Å²) in [7, 11) is 0. The van der Waals surface area contributed by atoms with Crippen LogP contribution in [0.2, 0.25) is 0 Å². The van der Waals surface area contributed by atoms with Crippen molar-refractivity contribution in [2.45, 2.75) is 110 Å². The fourth-order valence-electron chi connectivity index (χ4n) is 7.20. The fourth-order valence-corrected chi connectivity index (χ4v) is 7.20. The van der Waals surface area contributed by atoms with Crippen LogP contribution in [-0.2, 0) is 0 Å². The van der Waals surface area contributed by atoms with Crippen molar-refractivity contribution in [3.8, 4) is 0 Å². The molecule has 32 heavy (non-hydrogen) atoms. The molecule has 3 aliphatic heterocycles. The molecule has 186 valence electrons. The minimum atomic E-state index is 0.334. The van der Waals surface area contributed by atoms with Gasteiger partial charge >= 0.3 is 0 Å². The third kappa shape index (κ3) is 6.09. The number of piperazine rings is 1. The van der Waals surface area contributed by atoms with Crippen LogP contribution in [0.3, 0.4) is 0 Å². The van der Waals surface area contributed by atoms with Gasteiger partial charge in [0, 0.05) is 49.8 Å². The standard InChI is InChI=1S/C28H54N4/c1-26(2,3)31-15-9-24(10-16-31)23-29-17-13-28(14-18-29)11-7-25(8-12-28)30-19-21-32(22-20-30)27(4,5)6/h24-25H,7-23H2,1-6H3. The summed E-state index contributed by atoms with van der Waals surface area (Å²) in [5, 5.41) is 0. The Labute approximate surface area is 200 Å². The Morgan fingerprint density at radius 2 is 1.09 bits per heavy atom. The molecule has 0 atom stereocenters. The number of hydrogen-bond acceptors (Lipinski definition) is 4. The van der Waals surface area contributed by atoms with Gasteiger partial charge in [-0.15, -0.1) is 0 Å². The molecule has 0 unspecified atom stereocenters. The lowest BCUT2D eigenvalue weighted by molar-refractivity contribution is -0.00291. The van der Waals surface area contributed by atoms with Crippen LogP contribution >= 0.6 is 0 Å². The molecular formula is C28H54N4. The summed E-state index contributed by atoms with van der Waals surface area (Å²) in [5.74, 6) is 0.935. The average Bonchev–Trinajstić information content (AvgIpc) is 2.75. The summed E-state index contributed by atoms with van der Waals surface area (Å²) in [5.41, 5.74) is 1.37. The van der Waals surface area contributed by atoms with Crippen LogP contribution in [0.5, 0.6) is 0 Å². The molecular weight excluding hydrogens is 392 g/mol. The van der Waals surface area contributed by atoms with Crippen LogP contribution in [0, 0.1) is 11.3 Å². The van der Waals surface area contributed by atoms with Gasteiger partial charge in [0.25, 0.3) is 0 Å². The van der Waals surface area contributed by atoms with Crippen molar-refractivity contribution >= 4 is 0 Å². The van der Waals surface area contributed by atoms with E-state index in [-0.39, 0.29) is 0 Å². The van der Waals surface area contributed by atoms with E-state index in [1.54, 1.807) is 0 Å². The van der Waals surface area contributed by atoms with E-state index in [9.17, 15) is 0 Å². The number of rotatable bonds is 3. The minimum Gasteiger partial charge on any atom is -0.303 e. The third-order valence-electron chi connectivity index (χ3n) is 9.79. The molecule has 3 heterocycles. The maximum absolute atomic E-state index is 2.84. The van der Waals surface area contributed by atoms with Gasteiger partial charge in [0.2, 0.25) is 0 Å². The van der Waals surface area contributed by atoms with Gasteiger partial charge in [-0.05, 0) is 130 Å². The number of likely N-dealkylation sites (tertiary alicyclic amines) is 2. The Bertz CT molecular complexity index is 570. The molecule has 1 spiro atoms. The molecule has 0 aromatic rings. The van der Waals surface area contributed by atoms with E-state index < -0.39 is 0 Å². The second-order valence-electron chi connectivity index (χ2n) is 13.8. The lowest BCUT2D eigenvalue weighted by Gasteiger charge is -2.50.